The molecule has 0 amide bonds. The summed E-state index contributed by atoms with van der Waals surface area (Å²) in [5.41, 5.74) is -2.73. The van der Waals surface area contributed by atoms with E-state index in [1.165, 1.54) is 0 Å². The second-order valence-corrected chi connectivity index (χ2v) is 7.25. The highest BCUT2D eigenvalue weighted by atomic mass is 32.2. The molecule has 0 saturated carbocycles. The second kappa shape index (κ2) is 8.94. The zero-order chi connectivity index (χ0) is 20.8. The molecule has 10 nitrogen and oxygen atoms in total. The van der Waals surface area contributed by atoms with E-state index in [2.05, 4.69) is 9.97 Å². The lowest BCUT2D eigenvalue weighted by Gasteiger charge is -2.06. The summed E-state index contributed by atoms with van der Waals surface area (Å²) in [5.74, 6) is -2.20. The van der Waals surface area contributed by atoms with E-state index in [-0.39, 0.29) is 21.2 Å². The second-order valence-electron chi connectivity index (χ2n) is 5.04. The van der Waals surface area contributed by atoms with Crippen LogP contribution < -0.4 is 11.1 Å². The van der Waals surface area contributed by atoms with Crippen molar-refractivity contribution in [1.82, 2.24) is 9.97 Å². The Balaban J connectivity index is 2.12. The molecule has 0 saturated heterocycles. The standard InChI is InChI=1S/C16H10N4O6S2/c17-5-7-3-9(15(23)24)11(21)19-13(7)27-1-2-28-14-8(6-18)4-10(16(25)26)12(22)20-14/h3-4H,1-2H2,(H,19,21)(H,20,22)(H,23,24)(H,25,26). The Morgan fingerprint density at radius 2 is 1.21 bits per heavy atom. The van der Waals surface area contributed by atoms with E-state index in [0.717, 1.165) is 35.7 Å². The molecule has 12 heteroatoms. The summed E-state index contributed by atoms with van der Waals surface area (Å²) in [6.07, 6.45) is 0. The summed E-state index contributed by atoms with van der Waals surface area (Å²) in [4.78, 5) is 50.0. The minimum absolute atomic E-state index is 0.00364. The van der Waals surface area contributed by atoms with E-state index in [1.807, 2.05) is 12.1 Å². The lowest BCUT2D eigenvalue weighted by molar-refractivity contribution is 0.0684. The largest absolute Gasteiger partial charge is 0.477 e. The van der Waals surface area contributed by atoms with Crippen LogP contribution in [0.3, 0.4) is 0 Å². The molecule has 0 spiro atoms. The highest BCUT2D eigenvalue weighted by Gasteiger charge is 2.16. The molecule has 2 heterocycles. The van der Waals surface area contributed by atoms with Gasteiger partial charge in [-0.3, -0.25) is 9.59 Å². The third kappa shape index (κ3) is 4.62. The number of aromatic carboxylic acids is 2. The maximum Gasteiger partial charge on any atom is 0.341 e. The molecule has 0 aromatic carbocycles. The molecule has 0 atom stereocenters. The van der Waals surface area contributed by atoms with Crippen molar-refractivity contribution in [3.63, 3.8) is 0 Å². The number of nitrogens with one attached hydrogen (secondary N) is 2. The fraction of sp³-hybridized carbons (Fsp3) is 0.125. The van der Waals surface area contributed by atoms with E-state index in [4.69, 9.17) is 20.7 Å². The van der Waals surface area contributed by atoms with Crippen LogP contribution in [0.1, 0.15) is 31.8 Å². The van der Waals surface area contributed by atoms with Gasteiger partial charge < -0.3 is 20.2 Å². The Morgan fingerprint density at radius 1 is 0.857 bits per heavy atom. The maximum absolute atomic E-state index is 11.7. The minimum atomic E-state index is -1.44. The van der Waals surface area contributed by atoms with Crippen molar-refractivity contribution in [2.24, 2.45) is 0 Å². The monoisotopic (exact) mass is 418 g/mol. The molecule has 0 aliphatic heterocycles. The van der Waals surface area contributed by atoms with Gasteiger partial charge in [-0.05, 0) is 12.1 Å². The summed E-state index contributed by atoms with van der Waals surface area (Å²) in [6, 6.07) is 5.61. The van der Waals surface area contributed by atoms with Gasteiger partial charge in [0.1, 0.15) is 23.3 Å². The molecule has 28 heavy (non-hydrogen) atoms. The number of aromatic nitrogens is 2. The normalized spacial score (nSPS) is 10.1. The number of nitriles is 2. The summed E-state index contributed by atoms with van der Waals surface area (Å²) in [6.45, 7) is 0. The van der Waals surface area contributed by atoms with E-state index < -0.39 is 34.2 Å². The van der Waals surface area contributed by atoms with Crippen LogP contribution in [0.15, 0.2) is 31.8 Å². The van der Waals surface area contributed by atoms with Gasteiger partial charge >= 0.3 is 11.9 Å². The molecule has 142 valence electrons. The highest BCUT2D eigenvalue weighted by Crippen LogP contribution is 2.24. The summed E-state index contributed by atoms with van der Waals surface area (Å²) in [5, 5.41) is 36.5. The van der Waals surface area contributed by atoms with Crippen LogP contribution in [0.5, 0.6) is 0 Å². The summed E-state index contributed by atoms with van der Waals surface area (Å²) in [7, 11) is 0. The third-order valence-electron chi connectivity index (χ3n) is 3.29. The van der Waals surface area contributed by atoms with Gasteiger partial charge in [0, 0.05) is 11.5 Å². The van der Waals surface area contributed by atoms with Crippen molar-refractivity contribution in [2.75, 3.05) is 11.5 Å². The van der Waals surface area contributed by atoms with E-state index >= 15 is 0 Å². The van der Waals surface area contributed by atoms with Crippen LogP contribution >= 0.6 is 23.5 Å². The Bertz CT molecular complexity index is 1060. The molecule has 0 unspecified atom stereocenters. The number of rotatable bonds is 7. The van der Waals surface area contributed by atoms with Gasteiger partial charge in [0.25, 0.3) is 11.1 Å². The van der Waals surface area contributed by atoms with Gasteiger partial charge in [-0.1, -0.05) is 0 Å². The van der Waals surface area contributed by atoms with Crippen molar-refractivity contribution in [3.05, 3.63) is 55.1 Å². The average Bonchev–Trinajstić information content (AvgIpc) is 2.64. The Labute approximate surface area is 164 Å². The van der Waals surface area contributed by atoms with Gasteiger partial charge in [0.15, 0.2) is 0 Å². The van der Waals surface area contributed by atoms with Crippen LogP contribution in [0.4, 0.5) is 0 Å². The fourth-order valence-corrected chi connectivity index (χ4v) is 3.95. The van der Waals surface area contributed by atoms with Gasteiger partial charge in [0.05, 0.1) is 21.2 Å². The van der Waals surface area contributed by atoms with Crippen LogP contribution in [0.2, 0.25) is 0 Å². The maximum atomic E-state index is 11.7. The number of carboxylic acid groups (broad SMARTS) is 2. The predicted molar refractivity (Wildman–Crippen MR) is 98.9 cm³/mol. The number of hydrogen-bond donors (Lipinski definition) is 4. The number of pyridine rings is 2. The molecule has 0 fully saturated rings. The molecular formula is C16H10N4O6S2. The number of aromatic amines is 2. The molecule has 2 aromatic heterocycles. The predicted octanol–water partition coefficient (Wildman–Crippen LogP) is 1.09. The van der Waals surface area contributed by atoms with Crippen molar-refractivity contribution in [1.29, 1.82) is 10.5 Å². The average molecular weight is 418 g/mol. The number of H-pyrrole nitrogens is 2. The van der Waals surface area contributed by atoms with E-state index in [1.54, 1.807) is 0 Å². The number of carbonyl (C=O) groups is 2. The van der Waals surface area contributed by atoms with Crippen LogP contribution in [0, 0.1) is 22.7 Å². The Morgan fingerprint density at radius 3 is 1.50 bits per heavy atom. The van der Waals surface area contributed by atoms with Gasteiger partial charge in [0.2, 0.25) is 0 Å². The first kappa shape index (κ1) is 20.8. The third-order valence-corrected chi connectivity index (χ3v) is 5.58. The zero-order valence-electron chi connectivity index (χ0n) is 13.8. The van der Waals surface area contributed by atoms with Crippen LogP contribution in [-0.2, 0) is 0 Å². The molecule has 0 aliphatic carbocycles. The van der Waals surface area contributed by atoms with Gasteiger partial charge in [-0.15, -0.1) is 23.5 Å². The molecule has 0 aliphatic rings. The fourth-order valence-electron chi connectivity index (χ4n) is 2.03. The summed E-state index contributed by atoms with van der Waals surface area (Å²) >= 11 is 2.18. The first-order valence-corrected chi connectivity index (χ1v) is 9.32. The minimum Gasteiger partial charge on any atom is -0.477 e. The van der Waals surface area contributed by atoms with Crippen LogP contribution in [0.25, 0.3) is 0 Å². The van der Waals surface area contributed by atoms with Crippen molar-refractivity contribution < 1.29 is 19.8 Å². The van der Waals surface area contributed by atoms with Crippen LogP contribution in [-0.4, -0.2) is 43.6 Å². The smallest absolute Gasteiger partial charge is 0.341 e. The molecule has 0 radical (unpaired) electrons. The van der Waals surface area contributed by atoms with E-state index in [9.17, 15) is 19.2 Å². The number of hydrogen-bond acceptors (Lipinski definition) is 8. The van der Waals surface area contributed by atoms with Crippen molar-refractivity contribution in [3.8, 4) is 12.1 Å². The molecule has 4 N–H and O–H groups in total. The van der Waals surface area contributed by atoms with Gasteiger partial charge in [-0.25, -0.2) is 9.59 Å². The number of nitrogens with zero attached hydrogens (tertiary/aromatic N) is 2. The molecule has 2 rings (SSSR count). The van der Waals surface area contributed by atoms with E-state index in [0.29, 0.717) is 11.5 Å². The lowest BCUT2D eigenvalue weighted by Crippen LogP contribution is -2.19. The van der Waals surface area contributed by atoms with Gasteiger partial charge in [-0.2, -0.15) is 10.5 Å². The quantitative estimate of drug-likeness (QED) is 0.374. The Kier molecular flexibility index (Phi) is 6.65. The zero-order valence-corrected chi connectivity index (χ0v) is 15.4. The lowest BCUT2D eigenvalue weighted by atomic mass is 10.2. The Hall–Kier alpha value is -3.48. The highest BCUT2D eigenvalue weighted by molar-refractivity contribution is 8.02. The first-order valence-electron chi connectivity index (χ1n) is 7.35. The number of thioether (sulfide) groups is 2. The van der Waals surface area contributed by atoms with Crippen molar-refractivity contribution >= 4 is 35.5 Å². The molecular weight excluding hydrogens is 408 g/mol. The summed E-state index contributed by atoms with van der Waals surface area (Å²) < 4.78 is 0. The first-order chi connectivity index (χ1) is 13.3. The topological polar surface area (TPSA) is 188 Å². The SMILES string of the molecule is N#Cc1cc(C(=O)O)c(=O)[nH]c1SCCSc1[nH]c(=O)c(C(=O)O)cc1C#N. The number of carboxylic acids is 2. The molecule has 2 aromatic rings. The van der Waals surface area contributed by atoms with Crippen molar-refractivity contribution in [2.45, 2.75) is 10.1 Å². The molecule has 0 bridgehead atoms.